The summed E-state index contributed by atoms with van der Waals surface area (Å²) in [6.45, 7) is 4.50. The Morgan fingerprint density at radius 3 is 2.00 bits per heavy atom. The van der Waals surface area contributed by atoms with Crippen LogP contribution >= 0.6 is 0 Å². The van der Waals surface area contributed by atoms with Crippen molar-refractivity contribution in [3.63, 3.8) is 0 Å². The van der Waals surface area contributed by atoms with Gasteiger partial charge in [0.1, 0.15) is 5.82 Å². The smallest absolute Gasteiger partial charge is 0.131 e. The zero-order valence-electron chi connectivity index (χ0n) is 20.5. The van der Waals surface area contributed by atoms with Crippen molar-refractivity contribution in [3.05, 3.63) is 83.7 Å². The van der Waals surface area contributed by atoms with Crippen LogP contribution in [0.25, 0.3) is 22.3 Å². The third kappa shape index (κ3) is 6.14. The van der Waals surface area contributed by atoms with Crippen molar-refractivity contribution in [1.29, 1.82) is 0 Å². The van der Waals surface area contributed by atoms with Crippen molar-refractivity contribution in [3.8, 4) is 22.3 Å². The Hall–Kier alpha value is -2.41. The molecule has 0 bridgehead atoms. The molecule has 4 rings (SSSR count). The maximum atomic E-state index is 15.3. The Labute approximate surface area is 200 Å². The molecule has 3 aromatic carbocycles. The van der Waals surface area contributed by atoms with Gasteiger partial charge in [-0.05, 0) is 65.0 Å². The summed E-state index contributed by atoms with van der Waals surface area (Å²) >= 11 is 0. The summed E-state index contributed by atoms with van der Waals surface area (Å²) in [5.41, 5.74) is 6.42. The number of benzene rings is 3. The van der Waals surface area contributed by atoms with Crippen LogP contribution in [-0.2, 0) is 12.8 Å². The maximum Gasteiger partial charge on any atom is 0.131 e. The summed E-state index contributed by atoms with van der Waals surface area (Å²) in [6.07, 6.45) is 12.7. The Bertz CT molecular complexity index is 1010. The van der Waals surface area contributed by atoms with Gasteiger partial charge in [0.25, 0.3) is 0 Å². The van der Waals surface area contributed by atoms with E-state index in [2.05, 4.69) is 62.4 Å². The predicted molar refractivity (Wildman–Crippen MR) is 140 cm³/mol. The van der Waals surface area contributed by atoms with Crippen molar-refractivity contribution >= 4 is 0 Å². The first kappa shape index (κ1) is 23.7. The zero-order valence-corrected chi connectivity index (χ0v) is 20.5. The molecule has 0 saturated heterocycles. The van der Waals surface area contributed by atoms with E-state index in [4.69, 9.17) is 0 Å². The summed E-state index contributed by atoms with van der Waals surface area (Å²) in [5, 5.41) is 0. The normalized spacial score (nSPS) is 18.4. The first-order valence-corrected chi connectivity index (χ1v) is 13.1. The van der Waals surface area contributed by atoms with E-state index < -0.39 is 0 Å². The molecule has 1 saturated carbocycles. The number of rotatable bonds is 9. The van der Waals surface area contributed by atoms with Crippen molar-refractivity contribution < 1.29 is 4.39 Å². The molecule has 0 N–H and O–H groups in total. The Kier molecular flexibility index (Phi) is 8.37. The molecular weight excluding hydrogens is 403 g/mol. The van der Waals surface area contributed by atoms with E-state index in [0.717, 1.165) is 53.4 Å². The van der Waals surface area contributed by atoms with E-state index in [9.17, 15) is 0 Å². The van der Waals surface area contributed by atoms with Gasteiger partial charge in [0.15, 0.2) is 0 Å². The Morgan fingerprint density at radius 1 is 0.667 bits per heavy atom. The van der Waals surface area contributed by atoms with Crippen molar-refractivity contribution in [2.75, 3.05) is 0 Å². The highest BCUT2D eigenvalue weighted by atomic mass is 19.1. The van der Waals surface area contributed by atoms with Crippen LogP contribution in [0, 0.1) is 17.7 Å². The van der Waals surface area contributed by atoms with Gasteiger partial charge in [-0.15, -0.1) is 0 Å². The fourth-order valence-corrected chi connectivity index (χ4v) is 5.64. The quantitative estimate of drug-likeness (QED) is 0.309. The van der Waals surface area contributed by atoms with Crippen molar-refractivity contribution in [2.45, 2.75) is 78.1 Å². The van der Waals surface area contributed by atoms with Gasteiger partial charge in [0, 0.05) is 5.56 Å². The summed E-state index contributed by atoms with van der Waals surface area (Å²) in [4.78, 5) is 0. The fraction of sp³-hybridized carbons (Fsp3) is 0.438. The van der Waals surface area contributed by atoms with Gasteiger partial charge in [0.05, 0.1) is 0 Å². The van der Waals surface area contributed by atoms with Crippen LogP contribution in [-0.4, -0.2) is 0 Å². The Balaban J connectivity index is 1.46. The van der Waals surface area contributed by atoms with Gasteiger partial charge < -0.3 is 0 Å². The third-order valence-corrected chi connectivity index (χ3v) is 7.59. The molecule has 0 spiro atoms. The van der Waals surface area contributed by atoms with E-state index in [0.29, 0.717) is 0 Å². The van der Waals surface area contributed by atoms with Gasteiger partial charge in [-0.25, -0.2) is 4.39 Å². The standard InChI is InChI=1S/C32H39F/c1-3-7-24-11-13-26(14-12-24)17-20-28-9-5-6-10-30(28)31-22-21-29(23-32(31)33)27-18-15-25(8-4-2)16-19-27/h5-6,9-10,15-16,18-19,21-24,26H,3-4,7-8,11-14,17,20H2,1-2H3. The molecule has 0 heterocycles. The Morgan fingerprint density at radius 2 is 1.33 bits per heavy atom. The van der Waals surface area contributed by atoms with E-state index in [1.165, 1.54) is 56.1 Å². The molecule has 1 aliphatic rings. The summed E-state index contributed by atoms with van der Waals surface area (Å²) < 4.78 is 15.3. The molecule has 3 aromatic rings. The lowest BCUT2D eigenvalue weighted by Gasteiger charge is -2.28. The van der Waals surface area contributed by atoms with Gasteiger partial charge in [-0.3, -0.25) is 0 Å². The van der Waals surface area contributed by atoms with Crippen molar-refractivity contribution in [2.24, 2.45) is 11.8 Å². The molecule has 33 heavy (non-hydrogen) atoms. The number of halogens is 1. The molecule has 1 fully saturated rings. The average Bonchev–Trinajstić information content (AvgIpc) is 2.85. The summed E-state index contributed by atoms with van der Waals surface area (Å²) in [7, 11) is 0. The lowest BCUT2D eigenvalue weighted by atomic mass is 9.78. The highest BCUT2D eigenvalue weighted by molar-refractivity contribution is 5.73. The molecule has 0 atom stereocenters. The molecule has 0 amide bonds. The minimum atomic E-state index is -0.127. The molecule has 0 radical (unpaired) electrons. The highest BCUT2D eigenvalue weighted by Gasteiger charge is 2.21. The largest absolute Gasteiger partial charge is 0.206 e. The molecule has 174 valence electrons. The number of aryl methyl sites for hydroxylation is 2. The van der Waals surface area contributed by atoms with Gasteiger partial charge in [0.2, 0.25) is 0 Å². The van der Waals surface area contributed by atoms with Crippen LogP contribution in [0.3, 0.4) is 0 Å². The number of hydrogen-bond acceptors (Lipinski definition) is 0. The van der Waals surface area contributed by atoms with Crippen LogP contribution < -0.4 is 0 Å². The van der Waals surface area contributed by atoms with E-state index in [1.54, 1.807) is 6.07 Å². The summed E-state index contributed by atoms with van der Waals surface area (Å²) in [6, 6.07) is 22.7. The monoisotopic (exact) mass is 442 g/mol. The SMILES string of the molecule is CCCc1ccc(-c2ccc(-c3ccccc3CCC3CCC(CCC)CC3)c(F)c2)cc1. The topological polar surface area (TPSA) is 0 Å². The third-order valence-electron chi connectivity index (χ3n) is 7.59. The van der Waals surface area contributed by atoms with Crippen LogP contribution in [0.5, 0.6) is 0 Å². The van der Waals surface area contributed by atoms with Gasteiger partial charge in [-0.2, -0.15) is 0 Å². The van der Waals surface area contributed by atoms with E-state index in [-0.39, 0.29) is 5.82 Å². The highest BCUT2D eigenvalue weighted by Crippen LogP contribution is 2.36. The first-order chi connectivity index (χ1) is 16.2. The second-order valence-electron chi connectivity index (χ2n) is 10.0. The predicted octanol–water partition coefficient (Wildman–Crippen LogP) is 9.65. The molecule has 0 aliphatic heterocycles. The lowest BCUT2D eigenvalue weighted by molar-refractivity contribution is 0.252. The molecule has 0 aromatic heterocycles. The van der Waals surface area contributed by atoms with Crippen LogP contribution in [0.4, 0.5) is 4.39 Å². The minimum Gasteiger partial charge on any atom is -0.206 e. The van der Waals surface area contributed by atoms with E-state index >= 15 is 4.39 Å². The minimum absolute atomic E-state index is 0.127. The first-order valence-electron chi connectivity index (χ1n) is 13.1. The molecule has 1 heteroatoms. The van der Waals surface area contributed by atoms with Gasteiger partial charge in [-0.1, -0.05) is 119 Å². The zero-order chi connectivity index (χ0) is 23.0. The van der Waals surface area contributed by atoms with Crippen LogP contribution in [0.2, 0.25) is 0 Å². The second-order valence-corrected chi connectivity index (χ2v) is 10.0. The second kappa shape index (κ2) is 11.6. The lowest BCUT2D eigenvalue weighted by Crippen LogP contribution is -2.15. The molecular formula is C32H39F. The van der Waals surface area contributed by atoms with Crippen LogP contribution in [0.15, 0.2) is 66.7 Å². The van der Waals surface area contributed by atoms with E-state index in [1.807, 2.05) is 12.1 Å². The van der Waals surface area contributed by atoms with Gasteiger partial charge >= 0.3 is 0 Å². The molecule has 1 aliphatic carbocycles. The number of hydrogen-bond donors (Lipinski definition) is 0. The molecule has 0 unspecified atom stereocenters. The fourth-order valence-electron chi connectivity index (χ4n) is 5.64. The average molecular weight is 443 g/mol. The van der Waals surface area contributed by atoms with Crippen molar-refractivity contribution in [1.82, 2.24) is 0 Å². The van der Waals surface area contributed by atoms with Crippen LogP contribution in [0.1, 0.15) is 76.3 Å². The molecule has 0 nitrogen and oxygen atoms in total. The summed E-state index contributed by atoms with van der Waals surface area (Å²) in [5.74, 6) is 1.65. The maximum absolute atomic E-state index is 15.3.